The molecule has 4 atom stereocenters. The normalized spacial score (nSPS) is 24.7. The second-order valence-corrected chi connectivity index (χ2v) is 9.24. The Kier molecular flexibility index (Phi) is 6.65. The van der Waals surface area contributed by atoms with Crippen LogP contribution in [0.2, 0.25) is 5.28 Å². The second kappa shape index (κ2) is 9.25. The van der Waals surface area contributed by atoms with Crippen LogP contribution >= 0.6 is 22.9 Å². The van der Waals surface area contributed by atoms with Crippen LogP contribution in [0.3, 0.4) is 0 Å². The van der Waals surface area contributed by atoms with Gasteiger partial charge in [-0.05, 0) is 18.5 Å². The molecule has 3 aromatic heterocycles. The Morgan fingerprint density at radius 3 is 2.69 bits per heavy atom. The van der Waals surface area contributed by atoms with Crippen LogP contribution in [0.5, 0.6) is 0 Å². The number of aliphatic hydroxyl groups is 2. The molecule has 4 heterocycles. The number of carboxylic acids is 2. The number of thiazole rings is 1. The largest absolute Gasteiger partial charge is 0.479 e. The summed E-state index contributed by atoms with van der Waals surface area (Å²) in [6.45, 7) is 0.590. The highest BCUT2D eigenvalue weighted by Gasteiger charge is 2.55. The molecular weight excluding hydrogens is 508 g/mol. The third-order valence-corrected chi connectivity index (χ3v) is 6.67. The minimum atomic E-state index is -2.68. The molecule has 6 N–H and O–H groups in total. The van der Waals surface area contributed by atoms with Crippen molar-refractivity contribution in [3.05, 3.63) is 28.2 Å². The summed E-state index contributed by atoms with van der Waals surface area (Å²) in [5.41, 5.74) is 3.41. The third-order valence-electron chi connectivity index (χ3n) is 5.87. The molecule has 1 saturated heterocycles. The van der Waals surface area contributed by atoms with Gasteiger partial charge in [0.15, 0.2) is 11.5 Å². The number of carbonyl (C=O) groups is 2. The average molecular weight is 529 g/mol. The first-order valence-corrected chi connectivity index (χ1v) is 11.5. The van der Waals surface area contributed by atoms with Crippen LogP contribution in [-0.4, -0.2) is 93.0 Å². The number of nitrogen functional groups attached to an aromatic ring is 1. The number of hydrogen-bond acceptors (Lipinski definition) is 12. The number of aliphatic carboxylic acids is 2. The summed E-state index contributed by atoms with van der Waals surface area (Å²) in [6, 6.07) is 0. The van der Waals surface area contributed by atoms with Crippen LogP contribution in [0.4, 0.5) is 5.82 Å². The molecule has 0 spiro atoms. The number of hydrogen-bond donors (Lipinski definition) is 5. The molecule has 14 nitrogen and oxygen atoms in total. The van der Waals surface area contributed by atoms with E-state index >= 15 is 0 Å². The van der Waals surface area contributed by atoms with Gasteiger partial charge < -0.3 is 40.2 Å². The Labute approximate surface area is 205 Å². The minimum Gasteiger partial charge on any atom is -0.479 e. The molecule has 16 heteroatoms. The Bertz CT molecular complexity index is 1240. The third kappa shape index (κ3) is 4.53. The Hall–Kier alpha value is -2.95. The van der Waals surface area contributed by atoms with E-state index in [9.17, 15) is 30.0 Å². The number of aliphatic hydroxyl groups excluding tert-OH is 1. The second-order valence-electron chi connectivity index (χ2n) is 8.19. The number of aromatic nitrogens is 5. The maximum atomic E-state index is 11.9. The molecule has 188 valence electrons. The maximum absolute atomic E-state index is 11.9. The van der Waals surface area contributed by atoms with Gasteiger partial charge in [-0.1, -0.05) is 0 Å². The lowest BCUT2D eigenvalue weighted by atomic mass is 9.92. The van der Waals surface area contributed by atoms with Crippen molar-refractivity contribution in [2.24, 2.45) is 0 Å². The van der Waals surface area contributed by atoms with Crippen LogP contribution in [-0.2, 0) is 32.0 Å². The molecule has 3 aromatic rings. The summed E-state index contributed by atoms with van der Waals surface area (Å²) in [7, 11) is 0. The molecule has 4 rings (SSSR count). The first kappa shape index (κ1) is 25.2. The van der Waals surface area contributed by atoms with Crippen molar-refractivity contribution in [3.8, 4) is 0 Å². The van der Waals surface area contributed by atoms with Crippen LogP contribution in [0.25, 0.3) is 11.2 Å². The smallest absolute Gasteiger partial charge is 0.348 e. The summed E-state index contributed by atoms with van der Waals surface area (Å²) >= 11 is 7.04. The fraction of sp³-hybridized carbons (Fsp3) is 0.474. The number of nitrogens with two attached hydrogens (primary N) is 1. The molecule has 0 aliphatic carbocycles. The zero-order chi connectivity index (χ0) is 25.5. The summed E-state index contributed by atoms with van der Waals surface area (Å²) < 4.78 is 12.6. The highest BCUT2D eigenvalue weighted by molar-refractivity contribution is 7.07. The van der Waals surface area contributed by atoms with Gasteiger partial charge in [0.1, 0.15) is 29.4 Å². The molecule has 0 amide bonds. The van der Waals surface area contributed by atoms with Crippen molar-refractivity contribution in [2.75, 3.05) is 12.3 Å². The van der Waals surface area contributed by atoms with Crippen LogP contribution in [0.15, 0.2) is 17.2 Å². The minimum absolute atomic E-state index is 0.0427. The van der Waals surface area contributed by atoms with Gasteiger partial charge in [-0.25, -0.2) is 19.6 Å². The molecule has 1 aliphatic heterocycles. The standard InChI is InChI=1S/C19H21ClN6O8S/c1-18(32)10(4-33-19(15(28)29,16(30)31)2-8-5-35-7-23-8)34-9(12(18)27)3-26-6-22-11-13(21)24-17(20)25-14(11)26/h5-7,9-10,12,27,32H,2-4H2,1H3,(H,28,29)(H,30,31)(H2,21,24,25)/t9?,10-,12+,18-/m1/s1. The van der Waals surface area contributed by atoms with E-state index in [-0.39, 0.29) is 34.5 Å². The van der Waals surface area contributed by atoms with E-state index in [1.54, 1.807) is 0 Å². The molecule has 1 fully saturated rings. The Morgan fingerprint density at radius 1 is 1.34 bits per heavy atom. The lowest BCUT2D eigenvalue weighted by Crippen LogP contribution is -2.54. The van der Waals surface area contributed by atoms with Crippen molar-refractivity contribution in [1.29, 1.82) is 0 Å². The number of nitrogens with zero attached hydrogens (tertiary/aromatic N) is 5. The molecular formula is C19H21ClN6O8S. The number of imidazole rings is 1. The number of anilines is 1. The van der Waals surface area contributed by atoms with Crippen molar-refractivity contribution in [3.63, 3.8) is 0 Å². The van der Waals surface area contributed by atoms with E-state index in [0.717, 1.165) is 0 Å². The van der Waals surface area contributed by atoms with Gasteiger partial charge in [0.05, 0.1) is 30.7 Å². The van der Waals surface area contributed by atoms with E-state index < -0.39 is 54.5 Å². The zero-order valence-electron chi connectivity index (χ0n) is 18.1. The van der Waals surface area contributed by atoms with E-state index in [2.05, 4.69) is 19.9 Å². The predicted molar refractivity (Wildman–Crippen MR) is 120 cm³/mol. The fourth-order valence-corrected chi connectivity index (χ4v) is 4.55. The topological polar surface area (TPSA) is 216 Å². The molecule has 1 unspecified atom stereocenters. The van der Waals surface area contributed by atoms with Gasteiger partial charge in [0, 0.05) is 11.8 Å². The molecule has 0 radical (unpaired) electrons. The molecule has 1 aliphatic rings. The SMILES string of the molecule is C[C@@]1(O)[C@@H](COC(Cc2cscn2)(C(=O)O)C(=O)O)OC(Cn2cnc3c(N)nc(Cl)nc32)[C@@H]1O. The van der Waals surface area contributed by atoms with Gasteiger partial charge in [-0.2, -0.15) is 9.97 Å². The fourth-order valence-electron chi connectivity index (χ4n) is 3.82. The summed E-state index contributed by atoms with van der Waals surface area (Å²) in [5, 5.41) is 42.4. The molecule has 35 heavy (non-hydrogen) atoms. The number of rotatable bonds is 9. The van der Waals surface area contributed by atoms with Crippen molar-refractivity contribution < 1.29 is 39.5 Å². The average Bonchev–Trinajstić information content (AvgIpc) is 3.47. The summed E-state index contributed by atoms with van der Waals surface area (Å²) in [4.78, 5) is 39.8. The highest BCUT2D eigenvalue weighted by atomic mass is 35.5. The Morgan fingerprint density at radius 2 is 2.06 bits per heavy atom. The number of carboxylic acid groups (broad SMARTS) is 2. The van der Waals surface area contributed by atoms with E-state index in [1.165, 1.54) is 40.0 Å². The van der Waals surface area contributed by atoms with E-state index in [1.807, 2.05) is 0 Å². The van der Waals surface area contributed by atoms with Crippen molar-refractivity contribution >= 4 is 51.9 Å². The molecule has 0 bridgehead atoms. The molecule has 0 aromatic carbocycles. The zero-order valence-corrected chi connectivity index (χ0v) is 19.7. The van der Waals surface area contributed by atoms with Gasteiger partial charge in [0.25, 0.3) is 5.60 Å². The van der Waals surface area contributed by atoms with Crippen LogP contribution in [0.1, 0.15) is 12.6 Å². The van der Waals surface area contributed by atoms with Crippen LogP contribution < -0.4 is 5.73 Å². The van der Waals surface area contributed by atoms with Crippen LogP contribution in [0, 0.1) is 0 Å². The Balaban J connectivity index is 1.54. The number of fused-ring (bicyclic) bond motifs is 1. The van der Waals surface area contributed by atoms with Gasteiger partial charge in [-0.3, -0.25) is 0 Å². The first-order chi connectivity index (χ1) is 16.5. The van der Waals surface area contributed by atoms with Gasteiger partial charge in [-0.15, -0.1) is 11.3 Å². The summed E-state index contributed by atoms with van der Waals surface area (Å²) in [5.74, 6) is -3.43. The quantitative estimate of drug-likeness (QED) is 0.176. The predicted octanol–water partition coefficient (Wildman–Crippen LogP) is -0.435. The highest BCUT2D eigenvalue weighted by Crippen LogP contribution is 2.34. The maximum Gasteiger partial charge on any atom is 0.348 e. The van der Waals surface area contributed by atoms with E-state index in [4.69, 9.17) is 26.8 Å². The molecule has 0 saturated carbocycles. The summed E-state index contributed by atoms with van der Waals surface area (Å²) in [6.07, 6.45) is -2.91. The number of ether oxygens (including phenoxy) is 2. The first-order valence-electron chi connectivity index (χ1n) is 10.1. The number of halogens is 1. The van der Waals surface area contributed by atoms with Gasteiger partial charge >= 0.3 is 11.9 Å². The lowest BCUT2D eigenvalue weighted by molar-refractivity contribution is -0.192. The van der Waals surface area contributed by atoms with E-state index in [0.29, 0.717) is 0 Å². The van der Waals surface area contributed by atoms with Crippen molar-refractivity contribution in [2.45, 2.75) is 49.4 Å². The van der Waals surface area contributed by atoms with Gasteiger partial charge in [0.2, 0.25) is 5.28 Å². The lowest BCUT2D eigenvalue weighted by Gasteiger charge is -2.30. The van der Waals surface area contributed by atoms with Crippen molar-refractivity contribution in [1.82, 2.24) is 24.5 Å². The monoisotopic (exact) mass is 528 g/mol.